The number of hydrogen-bond donors (Lipinski definition) is 2. The average molecular weight is 296 g/mol. The number of carboxylic acid groups (broad SMARTS) is 1. The fourth-order valence-corrected chi connectivity index (χ4v) is 4.13. The van der Waals surface area contributed by atoms with Crippen LogP contribution in [0.25, 0.3) is 0 Å². The molecule has 2 N–H and O–H groups in total. The van der Waals surface area contributed by atoms with E-state index in [0.717, 1.165) is 32.1 Å². The lowest BCUT2D eigenvalue weighted by atomic mass is 9.85. The van der Waals surface area contributed by atoms with Gasteiger partial charge in [-0.05, 0) is 38.5 Å². The SMILES string of the molecule is CC1OCCC1NC(=O)N1C(C(=O)O)CC2CCCCC21. The number of amides is 2. The minimum atomic E-state index is -0.879. The van der Waals surface area contributed by atoms with Gasteiger partial charge in [0.2, 0.25) is 0 Å². The summed E-state index contributed by atoms with van der Waals surface area (Å²) in [7, 11) is 0. The lowest BCUT2D eigenvalue weighted by molar-refractivity contribution is -0.141. The second kappa shape index (κ2) is 5.83. The van der Waals surface area contributed by atoms with Gasteiger partial charge in [-0.25, -0.2) is 9.59 Å². The van der Waals surface area contributed by atoms with Crippen molar-refractivity contribution >= 4 is 12.0 Å². The van der Waals surface area contributed by atoms with E-state index >= 15 is 0 Å². The first kappa shape index (κ1) is 14.6. The number of rotatable bonds is 2. The van der Waals surface area contributed by atoms with Crippen LogP contribution in [0.4, 0.5) is 4.79 Å². The van der Waals surface area contributed by atoms with E-state index in [2.05, 4.69) is 5.32 Å². The molecule has 6 nitrogen and oxygen atoms in total. The lowest BCUT2D eigenvalue weighted by Gasteiger charge is -2.34. The molecule has 5 unspecified atom stereocenters. The number of hydrogen-bond acceptors (Lipinski definition) is 3. The summed E-state index contributed by atoms with van der Waals surface area (Å²) >= 11 is 0. The van der Waals surface area contributed by atoms with Gasteiger partial charge in [-0.1, -0.05) is 12.8 Å². The van der Waals surface area contributed by atoms with Crippen LogP contribution < -0.4 is 5.32 Å². The van der Waals surface area contributed by atoms with Gasteiger partial charge >= 0.3 is 12.0 Å². The zero-order valence-corrected chi connectivity index (χ0v) is 12.5. The first-order valence-electron chi connectivity index (χ1n) is 8.01. The predicted molar refractivity (Wildman–Crippen MR) is 76.0 cm³/mol. The zero-order valence-electron chi connectivity index (χ0n) is 12.5. The lowest BCUT2D eigenvalue weighted by Crippen LogP contribution is -2.54. The summed E-state index contributed by atoms with van der Waals surface area (Å²) in [4.78, 5) is 25.7. The van der Waals surface area contributed by atoms with Gasteiger partial charge in [-0.2, -0.15) is 0 Å². The third-order valence-corrected chi connectivity index (χ3v) is 5.29. The Kier molecular flexibility index (Phi) is 4.06. The van der Waals surface area contributed by atoms with Crippen molar-refractivity contribution in [3.05, 3.63) is 0 Å². The first-order chi connectivity index (χ1) is 10.1. The van der Waals surface area contributed by atoms with E-state index in [1.54, 1.807) is 4.90 Å². The summed E-state index contributed by atoms with van der Waals surface area (Å²) in [6, 6.07) is -0.804. The molecule has 3 fully saturated rings. The Morgan fingerprint density at radius 2 is 2.00 bits per heavy atom. The molecule has 1 aliphatic carbocycles. The van der Waals surface area contributed by atoms with Gasteiger partial charge in [0.1, 0.15) is 6.04 Å². The molecule has 5 atom stereocenters. The highest BCUT2D eigenvalue weighted by atomic mass is 16.5. The minimum absolute atomic E-state index is 0.00184. The van der Waals surface area contributed by atoms with Crippen molar-refractivity contribution in [1.29, 1.82) is 0 Å². The number of urea groups is 1. The normalized spacial score (nSPS) is 39.1. The van der Waals surface area contributed by atoms with Gasteiger partial charge in [-0.15, -0.1) is 0 Å². The van der Waals surface area contributed by atoms with Crippen LogP contribution in [0.1, 0.15) is 45.4 Å². The Morgan fingerprint density at radius 3 is 2.67 bits per heavy atom. The van der Waals surface area contributed by atoms with Crippen molar-refractivity contribution in [2.45, 2.75) is 69.7 Å². The summed E-state index contributed by atoms with van der Waals surface area (Å²) in [5.74, 6) is -0.530. The maximum absolute atomic E-state index is 12.6. The molecule has 2 aliphatic heterocycles. The van der Waals surface area contributed by atoms with Crippen LogP contribution in [0.2, 0.25) is 0 Å². The highest BCUT2D eigenvalue weighted by Gasteiger charge is 2.48. The summed E-state index contributed by atoms with van der Waals surface area (Å²) < 4.78 is 5.46. The molecule has 0 spiro atoms. The van der Waals surface area contributed by atoms with Crippen LogP contribution in [0.5, 0.6) is 0 Å². The van der Waals surface area contributed by atoms with Crippen molar-refractivity contribution in [2.24, 2.45) is 5.92 Å². The molecule has 2 saturated heterocycles. The van der Waals surface area contributed by atoms with E-state index in [9.17, 15) is 14.7 Å². The Bertz CT molecular complexity index is 428. The Labute approximate surface area is 124 Å². The molecule has 3 rings (SSSR count). The maximum Gasteiger partial charge on any atom is 0.326 e. The van der Waals surface area contributed by atoms with E-state index in [1.165, 1.54) is 0 Å². The molecule has 2 heterocycles. The molecule has 118 valence electrons. The number of likely N-dealkylation sites (tertiary alicyclic amines) is 1. The largest absolute Gasteiger partial charge is 0.480 e. The van der Waals surface area contributed by atoms with Crippen LogP contribution in [0, 0.1) is 5.92 Å². The second-order valence-corrected chi connectivity index (χ2v) is 6.53. The molecule has 0 radical (unpaired) electrons. The van der Waals surface area contributed by atoms with Crippen LogP contribution in [0.3, 0.4) is 0 Å². The molecule has 0 aromatic rings. The van der Waals surface area contributed by atoms with Gasteiger partial charge in [0.25, 0.3) is 0 Å². The van der Waals surface area contributed by atoms with E-state index in [-0.39, 0.29) is 24.2 Å². The van der Waals surface area contributed by atoms with Crippen molar-refractivity contribution < 1.29 is 19.4 Å². The number of aliphatic carboxylic acids is 1. The third kappa shape index (κ3) is 2.73. The average Bonchev–Trinajstić information content (AvgIpc) is 3.03. The van der Waals surface area contributed by atoms with Gasteiger partial charge < -0.3 is 20.1 Å². The van der Waals surface area contributed by atoms with Crippen molar-refractivity contribution in [1.82, 2.24) is 10.2 Å². The van der Waals surface area contributed by atoms with Crippen LogP contribution in [-0.2, 0) is 9.53 Å². The number of carbonyl (C=O) groups excluding carboxylic acids is 1. The third-order valence-electron chi connectivity index (χ3n) is 5.29. The number of nitrogens with zero attached hydrogens (tertiary/aromatic N) is 1. The number of carboxylic acids is 1. The molecule has 0 bridgehead atoms. The molecule has 6 heteroatoms. The maximum atomic E-state index is 12.6. The monoisotopic (exact) mass is 296 g/mol. The Balaban J connectivity index is 1.73. The number of carbonyl (C=O) groups is 2. The zero-order chi connectivity index (χ0) is 15.0. The first-order valence-corrected chi connectivity index (χ1v) is 8.01. The van der Waals surface area contributed by atoms with Crippen molar-refractivity contribution in [2.75, 3.05) is 6.61 Å². The molecular formula is C15H24N2O4. The van der Waals surface area contributed by atoms with E-state index in [0.29, 0.717) is 18.9 Å². The summed E-state index contributed by atoms with van der Waals surface area (Å²) in [6.45, 7) is 2.60. The quantitative estimate of drug-likeness (QED) is 0.811. The summed E-state index contributed by atoms with van der Waals surface area (Å²) in [6.07, 6.45) is 5.61. The molecule has 0 aromatic heterocycles. The Morgan fingerprint density at radius 1 is 1.24 bits per heavy atom. The van der Waals surface area contributed by atoms with Crippen molar-refractivity contribution in [3.8, 4) is 0 Å². The van der Waals surface area contributed by atoms with E-state index in [1.807, 2.05) is 6.92 Å². The highest BCUT2D eigenvalue weighted by molar-refractivity contribution is 5.84. The molecule has 3 aliphatic rings. The van der Waals surface area contributed by atoms with Gasteiger partial charge in [-0.3, -0.25) is 0 Å². The van der Waals surface area contributed by atoms with Crippen LogP contribution in [-0.4, -0.2) is 52.8 Å². The molecule has 2 amide bonds. The van der Waals surface area contributed by atoms with Crippen LogP contribution >= 0.6 is 0 Å². The standard InChI is InChI=1S/C15H24N2O4/c1-9-11(6-7-21-9)16-15(20)17-12-5-3-2-4-10(12)8-13(17)14(18)19/h9-13H,2-8H2,1H3,(H,16,20)(H,18,19). The summed E-state index contributed by atoms with van der Waals surface area (Å²) in [5, 5.41) is 12.4. The second-order valence-electron chi connectivity index (χ2n) is 6.53. The predicted octanol–water partition coefficient (Wildman–Crippen LogP) is 1.59. The molecular weight excluding hydrogens is 272 g/mol. The number of fused-ring (bicyclic) bond motifs is 1. The number of ether oxygens (including phenoxy) is 1. The smallest absolute Gasteiger partial charge is 0.326 e. The molecule has 21 heavy (non-hydrogen) atoms. The van der Waals surface area contributed by atoms with Gasteiger partial charge in [0.05, 0.1) is 12.1 Å². The van der Waals surface area contributed by atoms with Crippen molar-refractivity contribution in [3.63, 3.8) is 0 Å². The molecule has 0 aromatic carbocycles. The molecule has 1 saturated carbocycles. The van der Waals surface area contributed by atoms with Gasteiger partial charge in [0.15, 0.2) is 0 Å². The fourth-order valence-electron chi connectivity index (χ4n) is 4.13. The minimum Gasteiger partial charge on any atom is -0.480 e. The van der Waals surface area contributed by atoms with E-state index < -0.39 is 12.0 Å². The Hall–Kier alpha value is -1.30. The topological polar surface area (TPSA) is 78.9 Å². The van der Waals surface area contributed by atoms with E-state index in [4.69, 9.17) is 4.74 Å². The summed E-state index contributed by atoms with van der Waals surface area (Å²) in [5.41, 5.74) is 0. The highest BCUT2D eigenvalue weighted by Crippen LogP contribution is 2.39. The fraction of sp³-hybridized carbons (Fsp3) is 0.867. The van der Waals surface area contributed by atoms with Crippen LogP contribution in [0.15, 0.2) is 0 Å². The van der Waals surface area contributed by atoms with Gasteiger partial charge in [0, 0.05) is 12.6 Å². The number of nitrogens with one attached hydrogen (secondary N) is 1.